The van der Waals surface area contributed by atoms with Crippen LogP contribution in [-0.4, -0.2) is 27.9 Å². The Morgan fingerprint density at radius 2 is 2.42 bits per heavy atom. The summed E-state index contributed by atoms with van der Waals surface area (Å²) in [7, 11) is 0. The fraction of sp³-hybridized carbons (Fsp3) is 0.583. The van der Waals surface area contributed by atoms with Gasteiger partial charge >= 0.3 is 5.97 Å². The van der Waals surface area contributed by atoms with Crippen molar-refractivity contribution in [2.45, 2.75) is 38.7 Å². The molecule has 2 rings (SSSR count). The molecule has 1 aromatic heterocycles. The van der Waals surface area contributed by atoms with Crippen molar-refractivity contribution in [1.29, 1.82) is 0 Å². The Kier molecular flexibility index (Phi) is 4.36. The van der Waals surface area contributed by atoms with Crippen molar-refractivity contribution in [2.75, 3.05) is 5.73 Å². The molecule has 104 valence electrons. The lowest BCUT2D eigenvalue weighted by Crippen LogP contribution is -2.22. The zero-order valence-corrected chi connectivity index (χ0v) is 11.5. The summed E-state index contributed by atoms with van der Waals surface area (Å²) < 4.78 is 0. The lowest BCUT2D eigenvalue weighted by molar-refractivity contribution is -0.129. The standard InChI is InChI=1S/C12H17N3O3S/c1-7-3-2-4-8(5-7)18-15-10(11(16)17)9-6-19-12(13)14-9/h6-8H,2-5H2,1H3,(H2,13,14)(H,16,17)/b15-10-/t7-,8+/m1/s1. The van der Waals surface area contributed by atoms with Gasteiger partial charge in [-0.3, -0.25) is 0 Å². The van der Waals surface area contributed by atoms with E-state index in [2.05, 4.69) is 17.1 Å². The molecule has 0 unspecified atom stereocenters. The predicted octanol–water partition coefficient (Wildman–Crippen LogP) is 2.11. The Labute approximate surface area is 115 Å². The summed E-state index contributed by atoms with van der Waals surface area (Å²) in [5.41, 5.74) is 5.55. The first-order valence-corrected chi connectivity index (χ1v) is 7.12. The lowest BCUT2D eigenvalue weighted by Gasteiger charge is -2.24. The second-order valence-electron chi connectivity index (χ2n) is 4.82. The molecule has 1 fully saturated rings. The van der Waals surface area contributed by atoms with Crippen LogP contribution in [0.15, 0.2) is 10.5 Å². The number of hydrogen-bond donors (Lipinski definition) is 2. The van der Waals surface area contributed by atoms with E-state index in [1.807, 2.05) is 0 Å². The summed E-state index contributed by atoms with van der Waals surface area (Å²) in [4.78, 5) is 20.4. The SMILES string of the molecule is C[C@@H]1CCC[C@H](O/N=C(\C(=O)O)c2csc(N)n2)C1. The Morgan fingerprint density at radius 1 is 1.63 bits per heavy atom. The number of nitrogens with zero attached hydrogens (tertiary/aromatic N) is 2. The minimum absolute atomic E-state index is 0.00548. The molecule has 1 aliphatic carbocycles. The van der Waals surface area contributed by atoms with E-state index in [9.17, 15) is 4.79 Å². The number of hydrogen-bond acceptors (Lipinski definition) is 6. The number of carbonyl (C=O) groups is 1. The number of aromatic nitrogens is 1. The van der Waals surface area contributed by atoms with E-state index in [-0.39, 0.29) is 17.5 Å². The average molecular weight is 283 g/mol. The van der Waals surface area contributed by atoms with Crippen LogP contribution in [0.3, 0.4) is 0 Å². The maximum atomic E-state index is 11.2. The van der Waals surface area contributed by atoms with Gasteiger partial charge in [0.1, 0.15) is 11.8 Å². The first-order chi connectivity index (χ1) is 9.06. The number of carboxylic acids is 1. The quantitative estimate of drug-likeness (QED) is 0.651. The highest BCUT2D eigenvalue weighted by atomic mass is 32.1. The van der Waals surface area contributed by atoms with Crippen molar-refractivity contribution in [1.82, 2.24) is 4.98 Å². The fourth-order valence-electron chi connectivity index (χ4n) is 2.19. The second-order valence-corrected chi connectivity index (χ2v) is 5.70. The number of nitrogen functional groups attached to an aromatic ring is 1. The molecule has 1 aliphatic rings. The van der Waals surface area contributed by atoms with E-state index >= 15 is 0 Å². The van der Waals surface area contributed by atoms with E-state index in [0.29, 0.717) is 11.0 Å². The molecule has 1 saturated carbocycles. The highest BCUT2D eigenvalue weighted by Gasteiger charge is 2.22. The normalized spacial score (nSPS) is 24.2. The van der Waals surface area contributed by atoms with Crippen LogP contribution in [0.4, 0.5) is 5.13 Å². The van der Waals surface area contributed by atoms with Gasteiger partial charge < -0.3 is 15.7 Å². The van der Waals surface area contributed by atoms with E-state index in [0.717, 1.165) is 19.3 Å². The van der Waals surface area contributed by atoms with Crippen LogP contribution in [0.1, 0.15) is 38.3 Å². The number of anilines is 1. The largest absolute Gasteiger partial charge is 0.476 e. The zero-order chi connectivity index (χ0) is 13.8. The van der Waals surface area contributed by atoms with Crippen LogP contribution >= 0.6 is 11.3 Å². The van der Waals surface area contributed by atoms with Crippen molar-refractivity contribution < 1.29 is 14.7 Å². The van der Waals surface area contributed by atoms with Crippen molar-refractivity contribution >= 4 is 28.1 Å². The Balaban J connectivity index is 2.07. The van der Waals surface area contributed by atoms with Crippen LogP contribution < -0.4 is 5.73 Å². The summed E-state index contributed by atoms with van der Waals surface area (Å²) in [6.45, 7) is 2.17. The molecule has 0 radical (unpaired) electrons. The molecule has 6 nitrogen and oxygen atoms in total. The number of nitrogens with two attached hydrogens (primary N) is 1. The minimum Gasteiger partial charge on any atom is -0.476 e. The molecule has 19 heavy (non-hydrogen) atoms. The van der Waals surface area contributed by atoms with E-state index < -0.39 is 5.97 Å². The molecule has 0 bridgehead atoms. The van der Waals surface area contributed by atoms with Gasteiger partial charge in [-0.25, -0.2) is 9.78 Å². The van der Waals surface area contributed by atoms with Crippen molar-refractivity contribution in [3.05, 3.63) is 11.1 Å². The third-order valence-electron chi connectivity index (χ3n) is 3.15. The molecular formula is C12H17N3O3S. The molecule has 7 heteroatoms. The highest BCUT2D eigenvalue weighted by Crippen LogP contribution is 2.26. The maximum absolute atomic E-state index is 11.2. The molecule has 0 saturated heterocycles. The Morgan fingerprint density at radius 3 is 3.00 bits per heavy atom. The molecule has 1 heterocycles. The summed E-state index contributed by atoms with van der Waals surface area (Å²) >= 11 is 1.18. The summed E-state index contributed by atoms with van der Waals surface area (Å²) in [5.74, 6) is -0.564. The van der Waals surface area contributed by atoms with Crippen molar-refractivity contribution in [3.63, 3.8) is 0 Å². The molecule has 0 aliphatic heterocycles. The zero-order valence-electron chi connectivity index (χ0n) is 10.7. The lowest BCUT2D eigenvalue weighted by atomic mass is 9.89. The number of thiazole rings is 1. The van der Waals surface area contributed by atoms with E-state index in [4.69, 9.17) is 15.7 Å². The smallest absolute Gasteiger partial charge is 0.360 e. The highest BCUT2D eigenvalue weighted by molar-refractivity contribution is 7.13. The third kappa shape index (κ3) is 3.66. The molecule has 0 amide bonds. The Hall–Kier alpha value is -1.63. The monoisotopic (exact) mass is 283 g/mol. The van der Waals surface area contributed by atoms with Gasteiger partial charge in [0, 0.05) is 5.38 Å². The number of oxime groups is 1. The van der Waals surface area contributed by atoms with Crippen LogP contribution in [0, 0.1) is 5.92 Å². The predicted molar refractivity (Wildman–Crippen MR) is 73.2 cm³/mol. The molecule has 2 atom stereocenters. The fourth-order valence-corrected chi connectivity index (χ4v) is 2.74. The molecule has 3 N–H and O–H groups in total. The van der Waals surface area contributed by atoms with Gasteiger partial charge in [0.05, 0.1) is 0 Å². The third-order valence-corrected chi connectivity index (χ3v) is 3.82. The van der Waals surface area contributed by atoms with E-state index in [1.54, 1.807) is 5.38 Å². The number of aliphatic carboxylic acids is 1. The number of rotatable bonds is 4. The van der Waals surface area contributed by atoms with Crippen LogP contribution in [0.5, 0.6) is 0 Å². The molecular weight excluding hydrogens is 266 g/mol. The van der Waals surface area contributed by atoms with Crippen LogP contribution in [0.25, 0.3) is 0 Å². The Bertz CT molecular complexity index is 486. The summed E-state index contributed by atoms with van der Waals surface area (Å²) in [6.07, 6.45) is 4.11. The van der Waals surface area contributed by atoms with Gasteiger partial charge in [-0.2, -0.15) is 0 Å². The van der Waals surface area contributed by atoms with Gasteiger partial charge in [-0.05, 0) is 25.2 Å². The van der Waals surface area contributed by atoms with Gasteiger partial charge in [-0.15, -0.1) is 11.3 Å². The molecule has 1 aromatic rings. The van der Waals surface area contributed by atoms with Gasteiger partial charge in [0.15, 0.2) is 5.13 Å². The van der Waals surface area contributed by atoms with Gasteiger partial charge in [-0.1, -0.05) is 18.5 Å². The molecule has 0 aromatic carbocycles. The van der Waals surface area contributed by atoms with Crippen molar-refractivity contribution in [2.24, 2.45) is 11.1 Å². The van der Waals surface area contributed by atoms with Gasteiger partial charge in [0.2, 0.25) is 5.71 Å². The average Bonchev–Trinajstić information content (AvgIpc) is 2.76. The summed E-state index contributed by atoms with van der Waals surface area (Å²) in [6, 6.07) is 0. The maximum Gasteiger partial charge on any atom is 0.360 e. The van der Waals surface area contributed by atoms with Crippen LogP contribution in [-0.2, 0) is 9.63 Å². The second kappa shape index (κ2) is 6.01. The van der Waals surface area contributed by atoms with E-state index in [1.165, 1.54) is 17.8 Å². The summed E-state index contributed by atoms with van der Waals surface area (Å²) in [5, 5.41) is 14.8. The first kappa shape index (κ1) is 13.8. The minimum atomic E-state index is -1.16. The molecule has 0 spiro atoms. The van der Waals surface area contributed by atoms with Crippen molar-refractivity contribution in [3.8, 4) is 0 Å². The van der Waals surface area contributed by atoms with Crippen LogP contribution in [0.2, 0.25) is 0 Å². The number of carboxylic acid groups (broad SMARTS) is 1. The topological polar surface area (TPSA) is 97.8 Å². The first-order valence-electron chi connectivity index (χ1n) is 6.24. The van der Waals surface area contributed by atoms with Gasteiger partial charge in [0.25, 0.3) is 0 Å².